The van der Waals surface area contributed by atoms with E-state index < -0.39 is 4.92 Å². The van der Waals surface area contributed by atoms with Gasteiger partial charge < -0.3 is 19.9 Å². The molecule has 8 nitrogen and oxygen atoms in total. The first kappa shape index (κ1) is 18.7. The minimum atomic E-state index is -0.450. The molecule has 1 saturated heterocycles. The van der Waals surface area contributed by atoms with Gasteiger partial charge in [0.05, 0.1) is 24.7 Å². The summed E-state index contributed by atoms with van der Waals surface area (Å²) in [4.78, 5) is 26.8. The van der Waals surface area contributed by atoms with Crippen LogP contribution < -0.4 is 15.1 Å². The van der Waals surface area contributed by atoms with Crippen LogP contribution in [-0.2, 0) is 9.53 Å². The van der Waals surface area contributed by atoms with Crippen molar-refractivity contribution in [3.63, 3.8) is 0 Å². The number of hydrogen-bond acceptors (Lipinski definition) is 6. The predicted molar refractivity (Wildman–Crippen MR) is 104 cm³/mol. The van der Waals surface area contributed by atoms with Gasteiger partial charge in [0.1, 0.15) is 5.69 Å². The van der Waals surface area contributed by atoms with Crippen molar-refractivity contribution in [2.24, 2.45) is 0 Å². The molecule has 0 bridgehead atoms. The van der Waals surface area contributed by atoms with E-state index in [9.17, 15) is 14.9 Å². The molecule has 1 aliphatic rings. The van der Waals surface area contributed by atoms with Crippen LogP contribution >= 0.6 is 0 Å². The minimum Gasteiger partial charge on any atom is -0.378 e. The molecule has 142 valence electrons. The maximum atomic E-state index is 12.3. The van der Waals surface area contributed by atoms with Crippen LogP contribution in [0, 0.1) is 10.1 Å². The summed E-state index contributed by atoms with van der Waals surface area (Å²) in [5.41, 5.74) is 2.16. The van der Waals surface area contributed by atoms with Gasteiger partial charge in [0.25, 0.3) is 5.69 Å². The summed E-state index contributed by atoms with van der Waals surface area (Å²) in [6, 6.07) is 14.0. The van der Waals surface area contributed by atoms with Gasteiger partial charge in [-0.1, -0.05) is 12.1 Å². The van der Waals surface area contributed by atoms with E-state index in [0.717, 1.165) is 32.0 Å². The molecule has 0 aliphatic carbocycles. The van der Waals surface area contributed by atoms with Crippen molar-refractivity contribution in [1.82, 2.24) is 0 Å². The average Bonchev–Trinajstić information content (AvgIpc) is 2.69. The minimum absolute atomic E-state index is 0.00999. The maximum Gasteiger partial charge on any atom is 0.292 e. The third-order valence-corrected chi connectivity index (χ3v) is 4.40. The highest BCUT2D eigenvalue weighted by molar-refractivity contribution is 5.94. The number of nitrogens with one attached hydrogen (secondary N) is 1. The fraction of sp³-hybridized carbons (Fsp3) is 0.316. The summed E-state index contributed by atoms with van der Waals surface area (Å²) >= 11 is 0. The Hall–Kier alpha value is -3.13. The Balaban J connectivity index is 1.60. The largest absolute Gasteiger partial charge is 0.378 e. The number of amides is 1. The number of carbonyl (C=O) groups is 1. The number of ether oxygens (including phenoxy) is 1. The van der Waals surface area contributed by atoms with Crippen molar-refractivity contribution in [2.75, 3.05) is 55.0 Å². The lowest BCUT2D eigenvalue weighted by molar-refractivity contribution is -0.384. The summed E-state index contributed by atoms with van der Waals surface area (Å²) in [5, 5.41) is 14.0. The molecule has 1 amide bonds. The van der Waals surface area contributed by atoms with Crippen LogP contribution in [0.25, 0.3) is 0 Å². The van der Waals surface area contributed by atoms with Crippen LogP contribution in [0.3, 0.4) is 0 Å². The van der Waals surface area contributed by atoms with Crippen molar-refractivity contribution in [3.8, 4) is 0 Å². The molecule has 27 heavy (non-hydrogen) atoms. The second-order valence-corrected chi connectivity index (χ2v) is 6.30. The Bertz CT molecular complexity index is 804. The Morgan fingerprint density at radius 1 is 1.19 bits per heavy atom. The number of carbonyl (C=O) groups excluding carboxylic acids is 1. The zero-order valence-corrected chi connectivity index (χ0v) is 15.1. The number of hydrogen-bond donors (Lipinski definition) is 1. The zero-order chi connectivity index (χ0) is 19.2. The Morgan fingerprint density at radius 3 is 2.52 bits per heavy atom. The van der Waals surface area contributed by atoms with Crippen molar-refractivity contribution in [1.29, 1.82) is 0 Å². The van der Waals surface area contributed by atoms with Gasteiger partial charge in [-0.05, 0) is 30.3 Å². The zero-order valence-electron chi connectivity index (χ0n) is 15.1. The molecule has 8 heteroatoms. The summed E-state index contributed by atoms with van der Waals surface area (Å²) in [5.74, 6) is -0.241. The van der Waals surface area contributed by atoms with Gasteiger partial charge in [0.15, 0.2) is 0 Å². The molecule has 0 atom stereocenters. The molecule has 2 aromatic rings. The molecular formula is C19H22N4O4. The number of likely N-dealkylation sites (N-methyl/N-ethyl adjacent to an activating group) is 1. The number of nitro benzene ring substituents is 1. The van der Waals surface area contributed by atoms with E-state index in [-0.39, 0.29) is 18.1 Å². The molecule has 1 aliphatic heterocycles. The Morgan fingerprint density at radius 2 is 1.85 bits per heavy atom. The van der Waals surface area contributed by atoms with E-state index in [1.54, 1.807) is 30.1 Å². The predicted octanol–water partition coefficient (Wildman–Crippen LogP) is 2.51. The molecule has 0 saturated carbocycles. The number of nitrogens with zero attached hydrogens (tertiary/aromatic N) is 3. The third kappa shape index (κ3) is 4.73. The molecule has 2 aromatic carbocycles. The first-order chi connectivity index (χ1) is 13.0. The highest BCUT2D eigenvalue weighted by atomic mass is 16.6. The van der Waals surface area contributed by atoms with E-state index in [2.05, 4.69) is 10.2 Å². The summed E-state index contributed by atoms with van der Waals surface area (Å²) < 4.78 is 5.35. The summed E-state index contributed by atoms with van der Waals surface area (Å²) in [6.45, 7) is 3.15. The van der Waals surface area contributed by atoms with Crippen molar-refractivity contribution >= 4 is 28.7 Å². The lowest BCUT2D eigenvalue weighted by atomic mass is 10.2. The first-order valence-electron chi connectivity index (χ1n) is 8.72. The van der Waals surface area contributed by atoms with E-state index in [1.165, 1.54) is 6.07 Å². The monoisotopic (exact) mass is 370 g/mol. The lowest BCUT2D eigenvalue weighted by Crippen LogP contribution is -2.36. The van der Waals surface area contributed by atoms with Gasteiger partial charge in [0, 0.05) is 37.6 Å². The molecule has 0 spiro atoms. The van der Waals surface area contributed by atoms with Gasteiger partial charge in [-0.25, -0.2) is 0 Å². The topological polar surface area (TPSA) is 88.0 Å². The molecule has 1 N–H and O–H groups in total. The lowest BCUT2D eigenvalue weighted by Gasteiger charge is -2.29. The second kappa shape index (κ2) is 8.50. The standard InChI is InChI=1S/C19H22N4O4/c1-21(17-4-2-3-5-18(17)23(25)26)14-19(24)20-15-6-8-16(9-7-15)22-10-12-27-13-11-22/h2-9H,10-14H2,1H3,(H,20,24). The van der Waals surface area contributed by atoms with Crippen LogP contribution in [0.1, 0.15) is 0 Å². The molecular weight excluding hydrogens is 348 g/mol. The molecule has 3 rings (SSSR count). The van der Waals surface area contributed by atoms with Gasteiger partial charge in [-0.15, -0.1) is 0 Å². The SMILES string of the molecule is CN(CC(=O)Nc1ccc(N2CCOCC2)cc1)c1ccccc1[N+](=O)[O-]. The highest BCUT2D eigenvalue weighted by Crippen LogP contribution is 2.26. The van der Waals surface area contributed by atoms with Crippen molar-refractivity contribution in [3.05, 3.63) is 58.6 Å². The quantitative estimate of drug-likeness (QED) is 0.621. The average molecular weight is 370 g/mol. The van der Waals surface area contributed by atoms with Gasteiger partial charge >= 0.3 is 0 Å². The number of benzene rings is 2. The maximum absolute atomic E-state index is 12.3. The number of morpholine rings is 1. The van der Waals surface area contributed by atoms with Crippen molar-refractivity contribution in [2.45, 2.75) is 0 Å². The number of para-hydroxylation sites is 2. The van der Waals surface area contributed by atoms with E-state index >= 15 is 0 Å². The molecule has 0 radical (unpaired) electrons. The molecule has 1 heterocycles. The first-order valence-corrected chi connectivity index (χ1v) is 8.72. The van der Waals surface area contributed by atoms with Crippen LogP contribution in [0.5, 0.6) is 0 Å². The Kier molecular flexibility index (Phi) is 5.87. The fourth-order valence-electron chi connectivity index (χ4n) is 3.02. The summed E-state index contributed by atoms with van der Waals surface area (Å²) in [7, 11) is 1.66. The van der Waals surface area contributed by atoms with E-state index in [1.807, 2.05) is 24.3 Å². The van der Waals surface area contributed by atoms with Crippen LogP contribution in [0.4, 0.5) is 22.7 Å². The van der Waals surface area contributed by atoms with Crippen LogP contribution in [-0.4, -0.2) is 50.7 Å². The summed E-state index contributed by atoms with van der Waals surface area (Å²) in [6.07, 6.45) is 0. The van der Waals surface area contributed by atoms with Crippen LogP contribution in [0.15, 0.2) is 48.5 Å². The van der Waals surface area contributed by atoms with Gasteiger partial charge in [-0.3, -0.25) is 14.9 Å². The fourth-order valence-corrected chi connectivity index (χ4v) is 3.02. The van der Waals surface area contributed by atoms with Gasteiger partial charge in [-0.2, -0.15) is 0 Å². The van der Waals surface area contributed by atoms with Crippen molar-refractivity contribution < 1.29 is 14.5 Å². The second-order valence-electron chi connectivity index (χ2n) is 6.30. The van der Waals surface area contributed by atoms with E-state index in [0.29, 0.717) is 11.4 Å². The molecule has 0 unspecified atom stereocenters. The van der Waals surface area contributed by atoms with Crippen LogP contribution in [0.2, 0.25) is 0 Å². The van der Waals surface area contributed by atoms with E-state index in [4.69, 9.17) is 4.74 Å². The normalized spacial score (nSPS) is 13.9. The number of anilines is 3. The Labute approximate surface area is 157 Å². The third-order valence-electron chi connectivity index (χ3n) is 4.40. The molecule has 0 aromatic heterocycles. The molecule has 1 fully saturated rings. The highest BCUT2D eigenvalue weighted by Gasteiger charge is 2.18. The number of rotatable bonds is 6. The van der Waals surface area contributed by atoms with Gasteiger partial charge in [0.2, 0.25) is 5.91 Å². The smallest absolute Gasteiger partial charge is 0.292 e. The number of nitro groups is 1.